The van der Waals surface area contributed by atoms with Gasteiger partial charge in [-0.3, -0.25) is 9.59 Å². The van der Waals surface area contributed by atoms with Crippen molar-refractivity contribution in [2.24, 2.45) is 11.8 Å². The summed E-state index contributed by atoms with van der Waals surface area (Å²) in [5, 5.41) is 0. The topological polar surface area (TPSA) is 43.9 Å². The van der Waals surface area contributed by atoms with Crippen LogP contribution in [0.1, 0.15) is 51.9 Å². The molecule has 0 atom stereocenters. The van der Waals surface area contributed by atoms with Crippen molar-refractivity contribution in [1.29, 1.82) is 0 Å². The summed E-state index contributed by atoms with van der Waals surface area (Å²) in [6.45, 7) is 10.6. The van der Waals surface area contributed by atoms with Crippen molar-refractivity contribution in [1.82, 2.24) is 14.7 Å². The number of carbonyl (C=O) groups is 2. The minimum absolute atomic E-state index is 0.163. The molecule has 6 heteroatoms. The fourth-order valence-electron chi connectivity index (χ4n) is 5.06. The van der Waals surface area contributed by atoms with E-state index in [2.05, 4.69) is 19.6 Å². The number of ketones is 1. The number of rotatable bonds is 7. The molecule has 1 amide bonds. The van der Waals surface area contributed by atoms with E-state index in [0.717, 1.165) is 55.8 Å². The number of amides is 1. The van der Waals surface area contributed by atoms with Gasteiger partial charge in [0.15, 0.2) is 0 Å². The summed E-state index contributed by atoms with van der Waals surface area (Å²) in [4.78, 5) is 34.1. The van der Waals surface area contributed by atoms with Gasteiger partial charge in [-0.25, -0.2) is 0 Å². The minimum atomic E-state index is 0.163. The van der Waals surface area contributed by atoms with Gasteiger partial charge in [0.25, 0.3) is 0 Å². The number of alkyl halides is 2. The Morgan fingerprint density at radius 1 is 0.786 bits per heavy atom. The quantitative estimate of drug-likeness (QED) is 0.333. The van der Waals surface area contributed by atoms with Crippen molar-refractivity contribution in [3.63, 3.8) is 0 Å². The van der Waals surface area contributed by atoms with E-state index in [1.54, 1.807) is 6.92 Å². The van der Waals surface area contributed by atoms with E-state index >= 15 is 0 Å². The van der Waals surface area contributed by atoms with Crippen molar-refractivity contribution in [2.45, 2.75) is 55.8 Å². The Morgan fingerprint density at radius 2 is 1.32 bits per heavy atom. The third-order valence-electron chi connectivity index (χ3n) is 7.11. The van der Waals surface area contributed by atoms with Crippen LogP contribution in [0.5, 0.6) is 0 Å². The van der Waals surface area contributed by atoms with Crippen LogP contribution < -0.4 is 21.2 Å². The molecule has 2 aliphatic heterocycles. The van der Waals surface area contributed by atoms with Crippen LogP contribution in [0.2, 0.25) is 0 Å². The Balaban J connectivity index is 1.29. The maximum atomic E-state index is 12.8. The van der Waals surface area contributed by atoms with Gasteiger partial charge >= 0.3 is 122 Å². The maximum absolute atomic E-state index is 12.8. The molecule has 0 aromatic carbocycles. The van der Waals surface area contributed by atoms with E-state index < -0.39 is 0 Å². The second-order valence-electron chi connectivity index (χ2n) is 8.91. The van der Waals surface area contributed by atoms with Crippen molar-refractivity contribution >= 4 is 11.7 Å². The van der Waals surface area contributed by atoms with Crippen LogP contribution >= 0.6 is 0 Å². The van der Waals surface area contributed by atoms with Crippen LogP contribution in [-0.2, 0) is 9.59 Å². The van der Waals surface area contributed by atoms with Gasteiger partial charge in [0, 0.05) is 11.8 Å². The van der Waals surface area contributed by atoms with Gasteiger partial charge in [0.2, 0.25) is 0 Å². The summed E-state index contributed by atoms with van der Waals surface area (Å²) in [6.07, 6.45) is 7.73. The first-order chi connectivity index (χ1) is 13.6. The molecule has 3 fully saturated rings. The Bertz CT molecular complexity index is 506. The molecule has 3 rings (SSSR count). The molecule has 0 aromatic heterocycles. The Labute approximate surface area is 181 Å². The predicted molar refractivity (Wildman–Crippen MR) is 109 cm³/mol. The number of Topliss-reactive ketones (excluding diaryl/α,β-unsaturated/α-hetero) is 1. The zero-order valence-electron chi connectivity index (χ0n) is 17.9. The van der Waals surface area contributed by atoms with Crippen molar-refractivity contribution in [2.75, 3.05) is 57.3 Å². The third kappa shape index (κ3) is 6.39. The molecule has 0 radical (unpaired) electrons. The van der Waals surface area contributed by atoms with E-state index in [4.69, 9.17) is 0 Å². The van der Waals surface area contributed by atoms with Crippen LogP contribution in [0.3, 0.4) is 0 Å². The molecule has 3 aliphatic rings. The summed E-state index contributed by atoms with van der Waals surface area (Å²) in [5.41, 5.74) is 0. The van der Waals surface area contributed by atoms with Crippen LogP contribution in [0.25, 0.3) is 0 Å². The summed E-state index contributed by atoms with van der Waals surface area (Å²) >= 11 is 0.439. The molecule has 5 nitrogen and oxygen atoms in total. The molecule has 1 saturated carbocycles. The molecule has 28 heavy (non-hydrogen) atoms. The molecule has 162 valence electrons. The summed E-state index contributed by atoms with van der Waals surface area (Å²) in [6, 6.07) is 0. The number of likely N-dealkylation sites (tertiary alicyclic amines) is 1. The van der Waals surface area contributed by atoms with E-state index in [0.29, 0.717) is 32.9 Å². The SMILES string of the molecule is C[I-]C1CCN(CCCN2CCN(C(=O)C3CCC(C(C)=O)CC3)CC2)CC1. The monoisotopic (exact) mass is 504 g/mol. The fraction of sp³-hybridized carbons (Fsp3) is 0.909. The Kier molecular flexibility index (Phi) is 9.03. The van der Waals surface area contributed by atoms with E-state index in [1.807, 2.05) is 0 Å². The van der Waals surface area contributed by atoms with Gasteiger partial charge in [-0.05, 0) is 32.6 Å². The molecule has 1 aliphatic carbocycles. The average Bonchev–Trinajstić information content (AvgIpc) is 2.74. The van der Waals surface area contributed by atoms with Crippen LogP contribution in [0.4, 0.5) is 0 Å². The number of nitrogens with zero attached hydrogens (tertiary/aromatic N) is 3. The van der Waals surface area contributed by atoms with Gasteiger partial charge in [0.1, 0.15) is 5.78 Å². The third-order valence-corrected chi connectivity index (χ3v) is 10.1. The van der Waals surface area contributed by atoms with Crippen LogP contribution in [0.15, 0.2) is 0 Å². The molecule has 0 spiro atoms. The number of carbonyl (C=O) groups excluding carboxylic acids is 2. The second-order valence-corrected chi connectivity index (χ2v) is 11.9. The van der Waals surface area contributed by atoms with E-state index in [-0.39, 0.29) is 11.8 Å². The first kappa shape index (κ1) is 22.5. The number of piperidine rings is 1. The zero-order chi connectivity index (χ0) is 19.9. The average molecular weight is 504 g/mol. The first-order valence-electron chi connectivity index (χ1n) is 11.3. The van der Waals surface area contributed by atoms with Gasteiger partial charge in [-0.15, -0.1) is 0 Å². The van der Waals surface area contributed by atoms with Crippen LogP contribution in [-0.4, -0.2) is 87.6 Å². The van der Waals surface area contributed by atoms with Gasteiger partial charge in [0.05, 0.1) is 0 Å². The van der Waals surface area contributed by atoms with E-state index in [9.17, 15) is 9.59 Å². The molecule has 0 unspecified atom stereocenters. The normalized spacial score (nSPS) is 28.6. The van der Waals surface area contributed by atoms with Crippen LogP contribution in [0, 0.1) is 11.8 Å². The second kappa shape index (κ2) is 11.3. The first-order valence-corrected chi connectivity index (χ1v) is 14.7. The number of hydrogen-bond acceptors (Lipinski definition) is 4. The molecule has 0 N–H and O–H groups in total. The number of piperazine rings is 1. The standard InChI is InChI=1S/C22H39IN3O2/c1-18(27)19-4-6-20(7-5-19)22(28)26-16-14-25(15-17-26)11-3-10-24-12-8-21(23-2)9-13-24/h19-21H,3-17H2,1-2H3/q-1. The van der Waals surface area contributed by atoms with Gasteiger partial charge in [-0.2, -0.15) is 0 Å². The number of hydrogen-bond donors (Lipinski definition) is 0. The van der Waals surface area contributed by atoms with Crippen molar-refractivity contribution < 1.29 is 30.8 Å². The van der Waals surface area contributed by atoms with Crippen molar-refractivity contribution in [3.8, 4) is 0 Å². The number of halogens is 1. The zero-order valence-corrected chi connectivity index (χ0v) is 20.0. The predicted octanol–water partition coefficient (Wildman–Crippen LogP) is -0.901. The summed E-state index contributed by atoms with van der Waals surface area (Å²) < 4.78 is 1.07. The van der Waals surface area contributed by atoms with Gasteiger partial charge < -0.3 is 0 Å². The summed E-state index contributed by atoms with van der Waals surface area (Å²) in [5.74, 6) is 1.02. The molecular formula is C22H39IN3O2-. The fourth-order valence-corrected chi connectivity index (χ4v) is 6.86. The summed E-state index contributed by atoms with van der Waals surface area (Å²) in [7, 11) is 0. The molecule has 2 heterocycles. The van der Waals surface area contributed by atoms with Gasteiger partial charge in [-0.1, -0.05) is 0 Å². The Morgan fingerprint density at radius 3 is 1.86 bits per heavy atom. The molecule has 0 bridgehead atoms. The molecule has 0 aromatic rings. The van der Waals surface area contributed by atoms with E-state index in [1.165, 1.54) is 45.4 Å². The Hall–Kier alpha value is -0.210. The van der Waals surface area contributed by atoms with Crippen molar-refractivity contribution in [3.05, 3.63) is 0 Å². The molecule has 2 saturated heterocycles. The molecular weight excluding hydrogens is 465 g/mol.